The third-order valence-electron chi connectivity index (χ3n) is 4.78. The van der Waals surface area contributed by atoms with Gasteiger partial charge in [0, 0.05) is 24.6 Å². The van der Waals surface area contributed by atoms with Gasteiger partial charge < -0.3 is 16.0 Å². The number of hydrogen-bond donors (Lipinski definition) is 3. The number of nitrogens with one attached hydrogen (secondary N) is 3. The molecule has 3 N–H and O–H groups in total. The van der Waals surface area contributed by atoms with Crippen LogP contribution in [-0.4, -0.2) is 37.5 Å². The Kier molecular flexibility index (Phi) is 6.59. The van der Waals surface area contributed by atoms with Gasteiger partial charge in [-0.15, -0.1) is 0 Å². The molecule has 2 amide bonds. The lowest BCUT2D eigenvalue weighted by molar-refractivity contribution is -0.122. The summed E-state index contributed by atoms with van der Waals surface area (Å²) < 4.78 is 0. The lowest BCUT2D eigenvalue weighted by atomic mass is 9.87. The van der Waals surface area contributed by atoms with E-state index in [1.165, 1.54) is 5.56 Å². The minimum atomic E-state index is -0.136. The van der Waals surface area contributed by atoms with E-state index in [1.54, 1.807) is 0 Å². The molecule has 0 spiro atoms. The molecule has 5 heteroatoms. The summed E-state index contributed by atoms with van der Waals surface area (Å²) >= 11 is 0. The highest BCUT2D eigenvalue weighted by atomic mass is 16.2. The third kappa shape index (κ3) is 5.85. The van der Waals surface area contributed by atoms with Crippen LogP contribution < -0.4 is 16.0 Å². The van der Waals surface area contributed by atoms with Crippen LogP contribution in [0.3, 0.4) is 0 Å². The van der Waals surface area contributed by atoms with Gasteiger partial charge in [-0.25, -0.2) is 0 Å². The van der Waals surface area contributed by atoms with Crippen molar-refractivity contribution in [2.45, 2.75) is 52.0 Å². The van der Waals surface area contributed by atoms with Crippen LogP contribution in [0.5, 0.6) is 0 Å². The lowest BCUT2D eigenvalue weighted by Crippen LogP contribution is -2.48. The Labute approximate surface area is 151 Å². The molecule has 5 nitrogen and oxygen atoms in total. The van der Waals surface area contributed by atoms with Gasteiger partial charge in [-0.3, -0.25) is 9.59 Å². The van der Waals surface area contributed by atoms with Crippen molar-refractivity contribution in [1.29, 1.82) is 0 Å². The first-order valence-corrected chi connectivity index (χ1v) is 9.16. The molecule has 2 rings (SSSR count). The maximum absolute atomic E-state index is 12.2. The van der Waals surface area contributed by atoms with Crippen molar-refractivity contribution in [2.24, 2.45) is 5.92 Å². The molecule has 0 aromatic heterocycles. The molecule has 1 aliphatic heterocycles. The highest BCUT2D eigenvalue weighted by Gasteiger charge is 2.22. The van der Waals surface area contributed by atoms with Crippen molar-refractivity contribution < 1.29 is 9.59 Å². The van der Waals surface area contributed by atoms with Crippen molar-refractivity contribution in [3.05, 3.63) is 35.4 Å². The van der Waals surface area contributed by atoms with Crippen LogP contribution in [0.2, 0.25) is 0 Å². The zero-order valence-corrected chi connectivity index (χ0v) is 15.8. The molecule has 138 valence electrons. The first-order chi connectivity index (χ1) is 11.8. The number of hydrogen-bond acceptors (Lipinski definition) is 3. The van der Waals surface area contributed by atoms with Gasteiger partial charge in [0.25, 0.3) is 5.91 Å². The summed E-state index contributed by atoms with van der Waals surface area (Å²) in [5.41, 5.74) is 1.89. The number of piperidine rings is 1. The number of amides is 2. The summed E-state index contributed by atoms with van der Waals surface area (Å²) in [7, 11) is 0. The fraction of sp³-hybridized carbons (Fsp3) is 0.600. The van der Waals surface area contributed by atoms with Crippen LogP contribution in [0.15, 0.2) is 24.3 Å². The van der Waals surface area contributed by atoms with Gasteiger partial charge in [-0.1, -0.05) is 39.8 Å². The number of benzene rings is 1. The Morgan fingerprint density at radius 3 is 2.48 bits per heavy atom. The van der Waals surface area contributed by atoms with Crippen molar-refractivity contribution in [3.8, 4) is 0 Å². The predicted octanol–water partition coefficient (Wildman–Crippen LogP) is 2.22. The molecule has 1 aromatic carbocycles. The van der Waals surface area contributed by atoms with Crippen LogP contribution in [0.25, 0.3) is 0 Å². The Bertz CT molecular complexity index is 590. The zero-order valence-electron chi connectivity index (χ0n) is 15.8. The maximum Gasteiger partial charge on any atom is 0.251 e. The Morgan fingerprint density at radius 1 is 1.20 bits per heavy atom. The van der Waals surface area contributed by atoms with Gasteiger partial charge in [-0.05, 0) is 48.5 Å². The molecule has 2 atom stereocenters. The molecular formula is C20H31N3O2. The van der Waals surface area contributed by atoms with E-state index >= 15 is 0 Å². The second-order valence-corrected chi connectivity index (χ2v) is 7.98. The zero-order chi connectivity index (χ0) is 18.4. The van der Waals surface area contributed by atoms with Gasteiger partial charge in [-0.2, -0.15) is 0 Å². The summed E-state index contributed by atoms with van der Waals surface area (Å²) in [5, 5.41) is 9.22. The summed E-state index contributed by atoms with van der Waals surface area (Å²) in [4.78, 5) is 24.2. The average molecular weight is 345 g/mol. The molecular weight excluding hydrogens is 314 g/mol. The maximum atomic E-state index is 12.2. The van der Waals surface area contributed by atoms with Crippen LogP contribution in [-0.2, 0) is 10.2 Å². The van der Waals surface area contributed by atoms with E-state index in [0.29, 0.717) is 24.4 Å². The van der Waals surface area contributed by atoms with Crippen LogP contribution in [0.4, 0.5) is 0 Å². The summed E-state index contributed by atoms with van der Waals surface area (Å²) in [5.74, 6) is 0.305. The molecule has 2 unspecified atom stereocenters. The van der Waals surface area contributed by atoms with Crippen LogP contribution >= 0.6 is 0 Å². The average Bonchev–Trinajstić information content (AvgIpc) is 2.56. The van der Waals surface area contributed by atoms with Crippen molar-refractivity contribution in [1.82, 2.24) is 16.0 Å². The molecule has 0 bridgehead atoms. The van der Waals surface area contributed by atoms with E-state index < -0.39 is 0 Å². The third-order valence-corrected chi connectivity index (χ3v) is 4.78. The molecule has 1 heterocycles. The molecule has 0 saturated carbocycles. The number of carbonyl (C=O) groups is 2. The van der Waals surface area contributed by atoms with Crippen molar-refractivity contribution in [3.63, 3.8) is 0 Å². The SMILES string of the molecule is CC1CNCCC1NC(=O)CCNC(=O)c1ccc(C(C)(C)C)cc1. The summed E-state index contributed by atoms with van der Waals surface area (Å²) in [6.07, 6.45) is 1.27. The van der Waals surface area contributed by atoms with E-state index in [4.69, 9.17) is 0 Å². The summed E-state index contributed by atoms with van der Waals surface area (Å²) in [6, 6.07) is 7.88. The van der Waals surface area contributed by atoms with Gasteiger partial charge in [0.05, 0.1) is 0 Å². The van der Waals surface area contributed by atoms with E-state index in [9.17, 15) is 9.59 Å². The van der Waals surface area contributed by atoms with Crippen LogP contribution in [0, 0.1) is 5.92 Å². The number of rotatable bonds is 5. The van der Waals surface area contributed by atoms with Gasteiger partial charge in [0.15, 0.2) is 0 Å². The Morgan fingerprint density at radius 2 is 1.88 bits per heavy atom. The van der Waals surface area contributed by atoms with Crippen molar-refractivity contribution in [2.75, 3.05) is 19.6 Å². The van der Waals surface area contributed by atoms with Crippen molar-refractivity contribution >= 4 is 11.8 Å². The second-order valence-electron chi connectivity index (χ2n) is 7.98. The standard InChI is InChI=1S/C20H31N3O2/c1-14-13-21-11-9-17(14)23-18(24)10-12-22-19(25)15-5-7-16(8-6-15)20(2,3)4/h5-8,14,17,21H,9-13H2,1-4H3,(H,22,25)(H,23,24). The van der Waals surface area contributed by atoms with Crippen LogP contribution in [0.1, 0.15) is 56.5 Å². The highest BCUT2D eigenvalue weighted by molar-refractivity contribution is 5.94. The van der Waals surface area contributed by atoms with E-state index in [-0.39, 0.29) is 23.3 Å². The fourth-order valence-electron chi connectivity index (χ4n) is 3.02. The summed E-state index contributed by atoms with van der Waals surface area (Å²) in [6.45, 7) is 10.8. The largest absolute Gasteiger partial charge is 0.353 e. The molecule has 25 heavy (non-hydrogen) atoms. The lowest BCUT2D eigenvalue weighted by Gasteiger charge is -2.30. The quantitative estimate of drug-likeness (QED) is 0.766. The highest BCUT2D eigenvalue weighted by Crippen LogP contribution is 2.22. The first-order valence-electron chi connectivity index (χ1n) is 9.16. The minimum Gasteiger partial charge on any atom is -0.353 e. The molecule has 1 fully saturated rings. The topological polar surface area (TPSA) is 70.2 Å². The number of carbonyl (C=O) groups excluding carboxylic acids is 2. The molecule has 0 radical (unpaired) electrons. The molecule has 1 saturated heterocycles. The molecule has 1 aromatic rings. The fourth-order valence-corrected chi connectivity index (χ4v) is 3.02. The smallest absolute Gasteiger partial charge is 0.251 e. The van der Waals surface area contributed by atoms with E-state index in [1.807, 2.05) is 24.3 Å². The van der Waals surface area contributed by atoms with Gasteiger partial charge in [0.1, 0.15) is 0 Å². The minimum absolute atomic E-state index is 0.00197. The Hall–Kier alpha value is -1.88. The Balaban J connectivity index is 1.75. The monoisotopic (exact) mass is 345 g/mol. The normalized spacial score (nSPS) is 20.8. The molecule has 1 aliphatic rings. The predicted molar refractivity (Wildman–Crippen MR) is 101 cm³/mol. The van der Waals surface area contributed by atoms with Gasteiger partial charge >= 0.3 is 0 Å². The van der Waals surface area contributed by atoms with E-state index in [0.717, 1.165) is 19.5 Å². The first kappa shape index (κ1) is 19.4. The second kappa shape index (κ2) is 8.48. The molecule has 0 aliphatic carbocycles. The van der Waals surface area contributed by atoms with E-state index in [2.05, 4.69) is 43.6 Å². The van der Waals surface area contributed by atoms with Gasteiger partial charge in [0.2, 0.25) is 5.91 Å².